The maximum Gasteiger partial charge on any atom is 0.391 e. The van der Waals surface area contributed by atoms with Gasteiger partial charge in [0.05, 0.1) is 17.7 Å². The van der Waals surface area contributed by atoms with Gasteiger partial charge in [0.15, 0.2) is 5.82 Å². The first-order valence-corrected chi connectivity index (χ1v) is 10.5. The van der Waals surface area contributed by atoms with E-state index in [9.17, 15) is 18.0 Å². The van der Waals surface area contributed by atoms with Crippen LogP contribution in [0.3, 0.4) is 0 Å². The number of hydrogen-bond donors (Lipinski definition) is 1. The number of nitrogens with zero attached hydrogens (tertiary/aromatic N) is 4. The Morgan fingerprint density at radius 1 is 1.22 bits per heavy atom. The van der Waals surface area contributed by atoms with Crippen molar-refractivity contribution >= 4 is 17.3 Å². The lowest BCUT2D eigenvalue weighted by molar-refractivity contribution is -0.184. The third kappa shape index (κ3) is 5.48. The SMILES string of the molecule is C#N.Nc1ncnn2c(C3CCC(COC(=O)CC4CCC(C(F)(F)F)CC4)O3)ccc12. The Kier molecular flexibility index (Phi) is 7.56. The standard InChI is InChI=1S/C20H25F3N4O3.CHN/c21-20(22,23)13-3-1-12(2-4-13)9-18(28)29-10-14-5-8-17(30-14)15-6-7-16-19(24)25-11-26-27(15)16;1-2/h6-7,11-14,17H,1-5,8-10H2,(H2,24,25,26);1H. The number of fused-ring (bicyclic) bond motifs is 1. The Hall–Kier alpha value is -2.87. The molecule has 2 aromatic rings. The number of carbonyl (C=O) groups is 1. The number of hydrogen-bond acceptors (Lipinski definition) is 7. The lowest BCUT2D eigenvalue weighted by Gasteiger charge is -2.29. The van der Waals surface area contributed by atoms with E-state index < -0.39 is 12.1 Å². The highest BCUT2D eigenvalue weighted by molar-refractivity contribution is 5.69. The molecule has 0 amide bonds. The van der Waals surface area contributed by atoms with E-state index in [1.165, 1.54) is 6.33 Å². The third-order valence-electron chi connectivity index (χ3n) is 6.14. The van der Waals surface area contributed by atoms with Gasteiger partial charge in [-0.25, -0.2) is 14.8 Å². The first kappa shape index (κ1) is 23.8. The van der Waals surface area contributed by atoms with Crippen LogP contribution in [0.2, 0.25) is 0 Å². The van der Waals surface area contributed by atoms with Gasteiger partial charge in [-0.1, -0.05) is 0 Å². The summed E-state index contributed by atoms with van der Waals surface area (Å²) in [6.07, 6.45) is -0.466. The molecule has 2 atom stereocenters. The van der Waals surface area contributed by atoms with Crippen molar-refractivity contribution in [3.8, 4) is 6.57 Å². The van der Waals surface area contributed by atoms with Crippen LogP contribution in [0, 0.1) is 23.7 Å². The Bertz CT molecular complexity index is 938. The molecule has 32 heavy (non-hydrogen) atoms. The average Bonchev–Trinajstić information content (AvgIpc) is 3.41. The van der Waals surface area contributed by atoms with E-state index in [1.807, 2.05) is 12.1 Å². The highest BCUT2D eigenvalue weighted by atomic mass is 19.4. The van der Waals surface area contributed by atoms with E-state index in [-0.39, 0.29) is 50.0 Å². The molecule has 174 valence electrons. The molecular formula is C21H26F3N5O3. The van der Waals surface area contributed by atoms with Gasteiger partial charge in [-0.3, -0.25) is 4.79 Å². The quantitative estimate of drug-likeness (QED) is 0.681. The second-order valence-corrected chi connectivity index (χ2v) is 8.17. The van der Waals surface area contributed by atoms with Gasteiger partial charge in [-0.05, 0) is 56.6 Å². The molecule has 1 saturated carbocycles. The van der Waals surface area contributed by atoms with Crippen molar-refractivity contribution in [2.45, 2.75) is 63.3 Å². The highest BCUT2D eigenvalue weighted by Crippen LogP contribution is 2.40. The van der Waals surface area contributed by atoms with Gasteiger partial charge in [0.25, 0.3) is 0 Å². The van der Waals surface area contributed by atoms with Crippen LogP contribution < -0.4 is 5.73 Å². The number of aromatic nitrogens is 3. The zero-order valence-corrected chi connectivity index (χ0v) is 17.5. The largest absolute Gasteiger partial charge is 0.463 e. The number of ether oxygens (including phenoxy) is 2. The van der Waals surface area contributed by atoms with Gasteiger partial charge < -0.3 is 15.2 Å². The molecule has 1 aliphatic carbocycles. The van der Waals surface area contributed by atoms with Crippen molar-refractivity contribution in [3.63, 3.8) is 0 Å². The zero-order valence-electron chi connectivity index (χ0n) is 17.5. The Labute approximate surface area is 183 Å². The van der Waals surface area contributed by atoms with Crippen LogP contribution in [-0.4, -0.2) is 39.5 Å². The minimum absolute atomic E-state index is 0.0365. The van der Waals surface area contributed by atoms with Crippen LogP contribution in [0.1, 0.15) is 56.7 Å². The van der Waals surface area contributed by atoms with Crippen LogP contribution in [0.4, 0.5) is 19.0 Å². The first-order valence-electron chi connectivity index (χ1n) is 10.5. The number of nitriles is 1. The molecule has 4 rings (SSSR count). The molecule has 11 heteroatoms. The fourth-order valence-electron chi connectivity index (χ4n) is 4.44. The molecule has 8 nitrogen and oxygen atoms in total. The molecule has 0 aromatic carbocycles. The van der Waals surface area contributed by atoms with Gasteiger partial charge >= 0.3 is 12.1 Å². The van der Waals surface area contributed by atoms with Gasteiger partial charge in [-0.15, -0.1) is 0 Å². The molecule has 0 bridgehead atoms. The summed E-state index contributed by atoms with van der Waals surface area (Å²) >= 11 is 0. The molecule has 0 radical (unpaired) electrons. The smallest absolute Gasteiger partial charge is 0.391 e. The predicted octanol–water partition coefficient (Wildman–Crippen LogP) is 3.97. The number of carbonyl (C=O) groups excluding carboxylic acids is 1. The molecule has 1 saturated heterocycles. The average molecular weight is 453 g/mol. The minimum Gasteiger partial charge on any atom is -0.463 e. The summed E-state index contributed by atoms with van der Waals surface area (Å²) in [5, 5.41) is 10.7. The molecule has 2 aromatic heterocycles. The summed E-state index contributed by atoms with van der Waals surface area (Å²) in [7, 11) is 0. The van der Waals surface area contributed by atoms with E-state index in [4.69, 9.17) is 20.5 Å². The monoisotopic (exact) mass is 453 g/mol. The second-order valence-electron chi connectivity index (χ2n) is 8.17. The van der Waals surface area contributed by atoms with Crippen LogP contribution in [-0.2, 0) is 14.3 Å². The molecule has 1 aliphatic heterocycles. The summed E-state index contributed by atoms with van der Waals surface area (Å²) in [4.78, 5) is 16.1. The fraction of sp³-hybridized carbons (Fsp3) is 0.619. The summed E-state index contributed by atoms with van der Waals surface area (Å²) in [6, 6.07) is 3.74. The minimum atomic E-state index is -4.13. The van der Waals surface area contributed by atoms with E-state index >= 15 is 0 Å². The van der Waals surface area contributed by atoms with E-state index in [0.717, 1.165) is 18.5 Å². The molecule has 2 N–H and O–H groups in total. The van der Waals surface area contributed by atoms with Crippen molar-refractivity contribution < 1.29 is 27.4 Å². The van der Waals surface area contributed by atoms with Gasteiger partial charge in [0.2, 0.25) is 0 Å². The normalized spacial score (nSPS) is 25.8. The Morgan fingerprint density at radius 3 is 2.62 bits per heavy atom. The van der Waals surface area contributed by atoms with Crippen LogP contribution >= 0.6 is 0 Å². The summed E-state index contributed by atoms with van der Waals surface area (Å²) in [5.74, 6) is -1.25. The van der Waals surface area contributed by atoms with E-state index in [1.54, 1.807) is 4.52 Å². The lowest BCUT2D eigenvalue weighted by Crippen LogP contribution is -2.29. The van der Waals surface area contributed by atoms with Crippen molar-refractivity contribution in [2.24, 2.45) is 11.8 Å². The van der Waals surface area contributed by atoms with Crippen LogP contribution in [0.25, 0.3) is 5.52 Å². The highest BCUT2D eigenvalue weighted by Gasteiger charge is 2.41. The Balaban J connectivity index is 0.00000141. The number of nitrogens with two attached hydrogens (primary N) is 1. The maximum atomic E-state index is 12.7. The van der Waals surface area contributed by atoms with Crippen molar-refractivity contribution in [3.05, 3.63) is 24.2 Å². The first-order chi connectivity index (χ1) is 15.3. The van der Waals surface area contributed by atoms with Crippen molar-refractivity contribution in [1.29, 1.82) is 5.26 Å². The number of rotatable bonds is 5. The number of halogens is 3. The summed E-state index contributed by atoms with van der Waals surface area (Å²) < 4.78 is 51.3. The molecule has 2 fully saturated rings. The van der Waals surface area contributed by atoms with Gasteiger partial charge in [0, 0.05) is 13.0 Å². The molecular weight excluding hydrogens is 427 g/mol. The number of esters is 1. The summed E-state index contributed by atoms with van der Waals surface area (Å²) in [5.41, 5.74) is 7.44. The van der Waals surface area contributed by atoms with Gasteiger partial charge in [0.1, 0.15) is 24.6 Å². The fourth-order valence-corrected chi connectivity index (χ4v) is 4.44. The van der Waals surface area contributed by atoms with Crippen molar-refractivity contribution in [1.82, 2.24) is 14.6 Å². The number of anilines is 1. The lowest BCUT2D eigenvalue weighted by atomic mass is 9.80. The molecule has 2 aliphatic rings. The number of nitrogen functional groups attached to an aromatic ring is 1. The zero-order chi connectivity index (χ0) is 23.3. The summed E-state index contributed by atoms with van der Waals surface area (Å²) in [6.45, 7) is 3.65. The van der Waals surface area contributed by atoms with Crippen LogP contribution in [0.15, 0.2) is 18.5 Å². The van der Waals surface area contributed by atoms with E-state index in [0.29, 0.717) is 24.2 Å². The van der Waals surface area contributed by atoms with Crippen molar-refractivity contribution in [2.75, 3.05) is 12.3 Å². The third-order valence-corrected chi connectivity index (χ3v) is 6.14. The van der Waals surface area contributed by atoms with Crippen LogP contribution in [0.5, 0.6) is 0 Å². The number of alkyl halides is 3. The topological polar surface area (TPSA) is 116 Å². The maximum absolute atomic E-state index is 12.7. The van der Waals surface area contributed by atoms with E-state index in [2.05, 4.69) is 16.7 Å². The second kappa shape index (κ2) is 10.2. The predicted molar refractivity (Wildman–Crippen MR) is 108 cm³/mol. The van der Waals surface area contributed by atoms with Gasteiger partial charge in [-0.2, -0.15) is 18.3 Å². The molecule has 2 unspecified atom stereocenters. The molecule has 3 heterocycles. The molecule has 0 spiro atoms. The Morgan fingerprint density at radius 2 is 1.94 bits per heavy atom.